The van der Waals surface area contributed by atoms with Gasteiger partial charge in [-0.25, -0.2) is 0 Å². The van der Waals surface area contributed by atoms with Crippen molar-refractivity contribution >= 4 is 23.2 Å². The fourth-order valence-corrected chi connectivity index (χ4v) is 1.93. The van der Waals surface area contributed by atoms with E-state index >= 15 is 0 Å². The van der Waals surface area contributed by atoms with Crippen LogP contribution < -0.4 is 0 Å². The molecule has 1 fully saturated rings. The minimum absolute atomic E-state index is 0.281. The fraction of sp³-hybridized carbons (Fsp3) is 0.375. The number of nitrogens with zero attached hydrogens (tertiary/aromatic N) is 1. The zero-order valence-corrected chi connectivity index (χ0v) is 7.99. The molecule has 0 aromatic carbocycles. The molecule has 1 aliphatic heterocycles. The molecule has 4 heteroatoms. The van der Waals surface area contributed by atoms with E-state index in [0.717, 1.165) is 5.56 Å². The number of ether oxygens (including phenoxy) is 1. The lowest BCUT2D eigenvalue weighted by Gasteiger charge is -2.08. The van der Waals surface area contributed by atoms with Crippen molar-refractivity contribution in [2.24, 2.45) is 0 Å². The van der Waals surface area contributed by atoms with Gasteiger partial charge in [-0.1, -0.05) is 23.2 Å². The lowest BCUT2D eigenvalue weighted by molar-refractivity contribution is 0.329. The summed E-state index contributed by atoms with van der Waals surface area (Å²) in [4.78, 5) is 3.87. The number of epoxide rings is 1. The van der Waals surface area contributed by atoms with Crippen LogP contribution >= 0.6 is 23.2 Å². The Morgan fingerprint density at radius 3 is 2.33 bits per heavy atom. The normalized spacial score (nSPS) is 27.2. The summed E-state index contributed by atoms with van der Waals surface area (Å²) in [5, 5.41) is 1.14. The third-order valence-corrected chi connectivity index (χ3v) is 2.53. The van der Waals surface area contributed by atoms with Gasteiger partial charge >= 0.3 is 0 Å². The molecule has 2 nitrogen and oxygen atoms in total. The van der Waals surface area contributed by atoms with E-state index in [0.29, 0.717) is 16.7 Å². The first-order chi connectivity index (χ1) is 5.63. The molecule has 0 aliphatic carbocycles. The lowest BCUT2D eigenvalue weighted by atomic mass is 10.0. The molecule has 2 rings (SSSR count). The van der Waals surface area contributed by atoms with Gasteiger partial charge in [-0.15, -0.1) is 0 Å². The topological polar surface area (TPSA) is 25.4 Å². The van der Waals surface area contributed by atoms with Crippen LogP contribution in [-0.4, -0.2) is 11.6 Å². The van der Waals surface area contributed by atoms with Crippen LogP contribution in [0.25, 0.3) is 0 Å². The van der Waals surface area contributed by atoms with E-state index in [1.807, 2.05) is 6.92 Å². The van der Waals surface area contributed by atoms with E-state index in [1.165, 1.54) is 0 Å². The third kappa shape index (κ3) is 1.20. The van der Waals surface area contributed by atoms with Crippen molar-refractivity contribution < 1.29 is 4.74 Å². The van der Waals surface area contributed by atoms with Crippen LogP contribution in [0.1, 0.15) is 12.5 Å². The molecule has 0 radical (unpaired) electrons. The van der Waals surface area contributed by atoms with Crippen LogP contribution in [0.3, 0.4) is 0 Å². The molecule has 0 N–H and O–H groups in total. The molecule has 2 heterocycles. The van der Waals surface area contributed by atoms with Crippen molar-refractivity contribution in [1.29, 1.82) is 0 Å². The van der Waals surface area contributed by atoms with Gasteiger partial charge in [0, 0.05) is 18.0 Å². The summed E-state index contributed by atoms with van der Waals surface area (Å²) in [6.45, 7) is 2.64. The second kappa shape index (κ2) is 2.59. The maximum atomic E-state index is 5.93. The average molecular weight is 204 g/mol. The molecule has 0 amide bonds. The van der Waals surface area contributed by atoms with Crippen LogP contribution in [0.15, 0.2) is 12.4 Å². The van der Waals surface area contributed by atoms with E-state index in [4.69, 9.17) is 27.9 Å². The second-order valence-corrected chi connectivity index (χ2v) is 3.81. The first kappa shape index (κ1) is 8.30. The Hall–Kier alpha value is -0.310. The number of aromatic nitrogens is 1. The van der Waals surface area contributed by atoms with Gasteiger partial charge in [-0.2, -0.15) is 0 Å². The van der Waals surface area contributed by atoms with Gasteiger partial charge in [0.1, 0.15) is 5.60 Å². The van der Waals surface area contributed by atoms with Crippen LogP contribution in [0.4, 0.5) is 0 Å². The summed E-state index contributed by atoms with van der Waals surface area (Å²) in [5.41, 5.74) is 0.567. The smallest absolute Gasteiger partial charge is 0.117 e. The van der Waals surface area contributed by atoms with E-state index in [2.05, 4.69) is 4.98 Å². The molecular formula is C8H7Cl2NO. The Labute approximate surface area is 80.5 Å². The highest BCUT2D eigenvalue weighted by Gasteiger charge is 2.44. The Bertz CT molecular complexity index is 303. The van der Waals surface area contributed by atoms with Crippen molar-refractivity contribution in [3.05, 3.63) is 28.0 Å². The van der Waals surface area contributed by atoms with E-state index in [9.17, 15) is 0 Å². The molecule has 0 spiro atoms. The number of halogens is 2. The van der Waals surface area contributed by atoms with Crippen molar-refractivity contribution in [2.45, 2.75) is 12.5 Å². The highest BCUT2D eigenvalue weighted by atomic mass is 35.5. The number of hydrogen-bond donors (Lipinski definition) is 0. The summed E-state index contributed by atoms with van der Waals surface area (Å²) in [6.07, 6.45) is 3.16. The van der Waals surface area contributed by atoms with Gasteiger partial charge in [0.15, 0.2) is 0 Å². The second-order valence-electron chi connectivity index (χ2n) is 3.00. The summed E-state index contributed by atoms with van der Waals surface area (Å²) in [7, 11) is 0. The van der Waals surface area contributed by atoms with Crippen LogP contribution in [-0.2, 0) is 10.3 Å². The van der Waals surface area contributed by atoms with Crippen LogP contribution in [0.2, 0.25) is 10.0 Å². The highest BCUT2D eigenvalue weighted by Crippen LogP contribution is 2.44. The van der Waals surface area contributed by atoms with E-state index in [1.54, 1.807) is 12.4 Å². The predicted molar refractivity (Wildman–Crippen MR) is 47.6 cm³/mol. The molecule has 12 heavy (non-hydrogen) atoms. The number of pyridine rings is 1. The van der Waals surface area contributed by atoms with Gasteiger partial charge in [-0.3, -0.25) is 4.98 Å². The fourth-order valence-electron chi connectivity index (χ4n) is 1.17. The highest BCUT2D eigenvalue weighted by molar-refractivity contribution is 6.36. The zero-order valence-electron chi connectivity index (χ0n) is 6.47. The largest absolute Gasteiger partial charge is 0.365 e. The minimum Gasteiger partial charge on any atom is -0.365 e. The minimum atomic E-state index is -0.281. The molecule has 1 aromatic rings. The van der Waals surface area contributed by atoms with Gasteiger partial charge in [-0.05, 0) is 6.92 Å². The van der Waals surface area contributed by atoms with E-state index < -0.39 is 0 Å². The van der Waals surface area contributed by atoms with Gasteiger partial charge in [0.25, 0.3) is 0 Å². The van der Waals surface area contributed by atoms with Gasteiger partial charge in [0.05, 0.1) is 16.7 Å². The first-order valence-corrected chi connectivity index (χ1v) is 4.32. The standard InChI is InChI=1S/C8H7Cl2NO/c1-8(4-12-8)7-5(9)2-11-3-6(7)10/h2-3H,4H2,1H3. The lowest BCUT2D eigenvalue weighted by Crippen LogP contribution is -2.04. The van der Waals surface area contributed by atoms with Gasteiger partial charge in [0.2, 0.25) is 0 Å². The van der Waals surface area contributed by atoms with Crippen molar-refractivity contribution in [1.82, 2.24) is 4.98 Å². The van der Waals surface area contributed by atoms with Crippen LogP contribution in [0, 0.1) is 0 Å². The first-order valence-electron chi connectivity index (χ1n) is 3.57. The van der Waals surface area contributed by atoms with Crippen molar-refractivity contribution in [2.75, 3.05) is 6.61 Å². The Balaban J connectivity index is 2.55. The van der Waals surface area contributed by atoms with Crippen LogP contribution in [0.5, 0.6) is 0 Å². The predicted octanol–water partition coefficient (Wildman–Crippen LogP) is 2.63. The quantitative estimate of drug-likeness (QED) is 0.657. The summed E-state index contributed by atoms with van der Waals surface area (Å²) in [5.74, 6) is 0. The summed E-state index contributed by atoms with van der Waals surface area (Å²) in [6, 6.07) is 0. The maximum absolute atomic E-state index is 5.93. The SMILES string of the molecule is CC1(c2c(Cl)cncc2Cl)CO1. The molecule has 1 aromatic heterocycles. The molecular weight excluding hydrogens is 197 g/mol. The molecule has 0 saturated carbocycles. The molecule has 1 saturated heterocycles. The summed E-state index contributed by atoms with van der Waals surface area (Å²) >= 11 is 11.9. The molecule has 1 unspecified atom stereocenters. The zero-order chi connectivity index (χ0) is 8.77. The molecule has 0 bridgehead atoms. The molecule has 1 aliphatic rings. The maximum Gasteiger partial charge on any atom is 0.117 e. The third-order valence-electron chi connectivity index (χ3n) is 1.96. The molecule has 1 atom stereocenters. The Kier molecular flexibility index (Phi) is 1.79. The van der Waals surface area contributed by atoms with Crippen molar-refractivity contribution in [3.63, 3.8) is 0 Å². The van der Waals surface area contributed by atoms with E-state index in [-0.39, 0.29) is 5.60 Å². The Morgan fingerprint density at radius 1 is 1.42 bits per heavy atom. The molecule has 64 valence electrons. The number of rotatable bonds is 1. The number of hydrogen-bond acceptors (Lipinski definition) is 2. The monoisotopic (exact) mass is 203 g/mol. The Morgan fingerprint density at radius 2 is 1.92 bits per heavy atom. The summed E-state index contributed by atoms with van der Waals surface area (Å²) < 4.78 is 5.25. The average Bonchev–Trinajstić information content (AvgIpc) is 2.68. The van der Waals surface area contributed by atoms with Gasteiger partial charge < -0.3 is 4.74 Å². The van der Waals surface area contributed by atoms with Crippen molar-refractivity contribution in [3.8, 4) is 0 Å².